The quantitative estimate of drug-likeness (QED) is 0.779. The molecule has 0 atom stereocenters. The summed E-state index contributed by atoms with van der Waals surface area (Å²) in [6.45, 7) is 12.0. The standard InChI is InChI=1S/C18H30N2O/c1-18(2,3)19-15-16-8-6-9-17(14-16)21-13-7-12-20-10-4-5-11-20/h6,8-9,14,19H,4-5,7,10-13,15H2,1-3H3. The van der Waals surface area contributed by atoms with Crippen molar-refractivity contribution in [2.45, 2.75) is 52.1 Å². The van der Waals surface area contributed by atoms with Crippen molar-refractivity contribution in [3.05, 3.63) is 29.8 Å². The van der Waals surface area contributed by atoms with Crippen molar-refractivity contribution in [1.82, 2.24) is 10.2 Å². The van der Waals surface area contributed by atoms with Gasteiger partial charge in [0.2, 0.25) is 0 Å². The van der Waals surface area contributed by atoms with Crippen LogP contribution < -0.4 is 10.1 Å². The van der Waals surface area contributed by atoms with E-state index in [-0.39, 0.29) is 5.54 Å². The van der Waals surface area contributed by atoms with Gasteiger partial charge < -0.3 is 15.0 Å². The fourth-order valence-electron chi connectivity index (χ4n) is 2.60. The van der Waals surface area contributed by atoms with Crippen LogP contribution in [0.5, 0.6) is 5.75 Å². The molecule has 3 heteroatoms. The van der Waals surface area contributed by atoms with Crippen LogP contribution in [0.15, 0.2) is 24.3 Å². The van der Waals surface area contributed by atoms with E-state index in [2.05, 4.69) is 55.3 Å². The van der Waals surface area contributed by atoms with Gasteiger partial charge in [-0.1, -0.05) is 12.1 Å². The zero-order valence-electron chi connectivity index (χ0n) is 13.8. The average molecular weight is 290 g/mol. The molecule has 2 rings (SSSR count). The molecule has 1 N–H and O–H groups in total. The van der Waals surface area contributed by atoms with Gasteiger partial charge in [-0.15, -0.1) is 0 Å². The average Bonchev–Trinajstić information content (AvgIpc) is 2.94. The monoisotopic (exact) mass is 290 g/mol. The highest BCUT2D eigenvalue weighted by Gasteiger charge is 2.10. The third-order valence-corrected chi connectivity index (χ3v) is 3.81. The fraction of sp³-hybridized carbons (Fsp3) is 0.667. The summed E-state index contributed by atoms with van der Waals surface area (Å²) >= 11 is 0. The van der Waals surface area contributed by atoms with E-state index < -0.39 is 0 Å². The van der Waals surface area contributed by atoms with Gasteiger partial charge in [0.15, 0.2) is 0 Å². The summed E-state index contributed by atoms with van der Waals surface area (Å²) in [7, 11) is 0. The second-order valence-electron chi connectivity index (χ2n) is 7.00. The Hall–Kier alpha value is -1.06. The Morgan fingerprint density at radius 3 is 2.67 bits per heavy atom. The zero-order chi connectivity index (χ0) is 15.1. The fourth-order valence-corrected chi connectivity index (χ4v) is 2.60. The number of hydrogen-bond donors (Lipinski definition) is 1. The first kappa shape index (κ1) is 16.3. The van der Waals surface area contributed by atoms with Crippen LogP contribution in [-0.2, 0) is 6.54 Å². The predicted molar refractivity (Wildman–Crippen MR) is 88.8 cm³/mol. The molecule has 0 amide bonds. The molecule has 1 saturated heterocycles. The van der Waals surface area contributed by atoms with Crippen molar-refractivity contribution < 1.29 is 4.74 Å². The second-order valence-corrected chi connectivity index (χ2v) is 7.00. The summed E-state index contributed by atoms with van der Waals surface area (Å²) < 4.78 is 5.88. The molecule has 0 bridgehead atoms. The molecule has 0 unspecified atom stereocenters. The van der Waals surface area contributed by atoms with E-state index in [0.29, 0.717) is 0 Å². The Kier molecular flexibility index (Phi) is 6.07. The van der Waals surface area contributed by atoms with Gasteiger partial charge in [0.25, 0.3) is 0 Å². The molecule has 1 heterocycles. The van der Waals surface area contributed by atoms with Crippen molar-refractivity contribution in [3.63, 3.8) is 0 Å². The lowest BCUT2D eigenvalue weighted by Gasteiger charge is -2.20. The Labute approximate surface area is 129 Å². The molecule has 1 fully saturated rings. The summed E-state index contributed by atoms with van der Waals surface area (Å²) in [5.74, 6) is 0.990. The maximum Gasteiger partial charge on any atom is 0.119 e. The summed E-state index contributed by atoms with van der Waals surface area (Å²) in [4.78, 5) is 2.53. The van der Waals surface area contributed by atoms with Crippen LogP contribution in [0.3, 0.4) is 0 Å². The van der Waals surface area contributed by atoms with E-state index in [1.54, 1.807) is 0 Å². The van der Waals surface area contributed by atoms with Crippen molar-refractivity contribution >= 4 is 0 Å². The molecule has 1 aromatic rings. The van der Waals surface area contributed by atoms with Crippen molar-refractivity contribution in [2.75, 3.05) is 26.2 Å². The van der Waals surface area contributed by atoms with Gasteiger partial charge in [0, 0.05) is 18.6 Å². The molecule has 0 radical (unpaired) electrons. The van der Waals surface area contributed by atoms with E-state index in [1.165, 1.54) is 38.0 Å². The number of hydrogen-bond acceptors (Lipinski definition) is 3. The van der Waals surface area contributed by atoms with Gasteiger partial charge in [-0.05, 0) is 70.8 Å². The number of benzene rings is 1. The molecule has 0 saturated carbocycles. The molecular weight excluding hydrogens is 260 g/mol. The third-order valence-electron chi connectivity index (χ3n) is 3.81. The second kappa shape index (κ2) is 7.81. The van der Waals surface area contributed by atoms with Crippen LogP contribution in [0.1, 0.15) is 45.6 Å². The molecule has 118 valence electrons. The van der Waals surface area contributed by atoms with Crippen LogP contribution in [0, 0.1) is 0 Å². The van der Waals surface area contributed by atoms with E-state index in [1.807, 2.05) is 0 Å². The van der Waals surface area contributed by atoms with E-state index in [9.17, 15) is 0 Å². The molecule has 0 aliphatic carbocycles. The Morgan fingerprint density at radius 2 is 1.95 bits per heavy atom. The highest BCUT2D eigenvalue weighted by molar-refractivity contribution is 5.28. The van der Waals surface area contributed by atoms with Gasteiger partial charge in [0.1, 0.15) is 5.75 Å². The molecule has 3 nitrogen and oxygen atoms in total. The van der Waals surface area contributed by atoms with Crippen LogP contribution >= 0.6 is 0 Å². The number of nitrogens with one attached hydrogen (secondary N) is 1. The maximum absolute atomic E-state index is 5.88. The predicted octanol–water partition coefficient (Wildman–Crippen LogP) is 3.44. The zero-order valence-corrected chi connectivity index (χ0v) is 13.8. The summed E-state index contributed by atoms with van der Waals surface area (Å²) in [6, 6.07) is 8.43. The minimum absolute atomic E-state index is 0.145. The SMILES string of the molecule is CC(C)(C)NCc1cccc(OCCCN2CCCC2)c1. The minimum atomic E-state index is 0.145. The van der Waals surface area contributed by atoms with Gasteiger partial charge in [-0.2, -0.15) is 0 Å². The van der Waals surface area contributed by atoms with Crippen LogP contribution in [0.25, 0.3) is 0 Å². The molecule has 1 aromatic carbocycles. The van der Waals surface area contributed by atoms with Crippen molar-refractivity contribution in [2.24, 2.45) is 0 Å². The smallest absolute Gasteiger partial charge is 0.119 e. The number of likely N-dealkylation sites (tertiary alicyclic amines) is 1. The van der Waals surface area contributed by atoms with Gasteiger partial charge in [-0.3, -0.25) is 0 Å². The molecule has 0 spiro atoms. The van der Waals surface area contributed by atoms with Gasteiger partial charge in [0.05, 0.1) is 6.61 Å². The first-order chi connectivity index (χ1) is 10.0. The number of rotatable bonds is 7. The van der Waals surface area contributed by atoms with Gasteiger partial charge >= 0.3 is 0 Å². The van der Waals surface area contributed by atoms with E-state index in [0.717, 1.165) is 25.3 Å². The highest BCUT2D eigenvalue weighted by Crippen LogP contribution is 2.15. The Morgan fingerprint density at radius 1 is 1.19 bits per heavy atom. The van der Waals surface area contributed by atoms with Crippen molar-refractivity contribution in [3.8, 4) is 5.75 Å². The molecule has 21 heavy (non-hydrogen) atoms. The number of ether oxygens (including phenoxy) is 1. The topological polar surface area (TPSA) is 24.5 Å². The summed E-state index contributed by atoms with van der Waals surface area (Å²) in [6.07, 6.45) is 3.85. The Bertz CT molecular complexity index is 419. The van der Waals surface area contributed by atoms with E-state index in [4.69, 9.17) is 4.74 Å². The van der Waals surface area contributed by atoms with E-state index >= 15 is 0 Å². The molecular formula is C18H30N2O. The normalized spacial score (nSPS) is 16.3. The van der Waals surface area contributed by atoms with Crippen molar-refractivity contribution in [1.29, 1.82) is 0 Å². The largest absolute Gasteiger partial charge is 0.494 e. The highest BCUT2D eigenvalue weighted by atomic mass is 16.5. The lowest BCUT2D eigenvalue weighted by atomic mass is 10.1. The first-order valence-corrected chi connectivity index (χ1v) is 8.22. The summed E-state index contributed by atoms with van der Waals surface area (Å²) in [5.41, 5.74) is 1.43. The van der Waals surface area contributed by atoms with Crippen LogP contribution in [0.4, 0.5) is 0 Å². The Balaban J connectivity index is 1.70. The lowest BCUT2D eigenvalue weighted by Crippen LogP contribution is -2.35. The summed E-state index contributed by atoms with van der Waals surface area (Å²) in [5, 5.41) is 3.51. The molecule has 1 aliphatic rings. The lowest BCUT2D eigenvalue weighted by molar-refractivity contribution is 0.263. The number of nitrogens with zero attached hydrogens (tertiary/aromatic N) is 1. The first-order valence-electron chi connectivity index (χ1n) is 8.22. The van der Waals surface area contributed by atoms with Crippen LogP contribution in [0.2, 0.25) is 0 Å². The van der Waals surface area contributed by atoms with Crippen LogP contribution in [-0.4, -0.2) is 36.7 Å². The molecule has 1 aliphatic heterocycles. The third kappa shape index (κ3) is 6.49. The van der Waals surface area contributed by atoms with Gasteiger partial charge in [-0.25, -0.2) is 0 Å². The maximum atomic E-state index is 5.88. The minimum Gasteiger partial charge on any atom is -0.494 e. The molecule has 0 aromatic heterocycles.